The molecule has 0 atom stereocenters. The van der Waals surface area contributed by atoms with Crippen LogP contribution in [0.15, 0.2) is 251 Å². The zero-order chi connectivity index (χ0) is 42.4. The molecule has 0 spiro atoms. The van der Waals surface area contributed by atoms with E-state index in [2.05, 4.69) is 239 Å². The van der Waals surface area contributed by atoms with Gasteiger partial charge in [-0.05, 0) is 96.4 Å². The number of furan rings is 1. The van der Waals surface area contributed by atoms with E-state index in [1.165, 1.54) is 0 Å². The van der Waals surface area contributed by atoms with Crippen molar-refractivity contribution in [3.63, 3.8) is 0 Å². The first-order valence-corrected chi connectivity index (χ1v) is 22.2. The largest absolute Gasteiger partial charge is 0.456 e. The fraction of sp³-hybridized carbons (Fsp3) is 0. The average molecular weight is 842 g/mol. The lowest BCUT2D eigenvalue weighted by Gasteiger charge is -2.35. The Morgan fingerprint density at radius 2 is 0.844 bits per heavy atom. The van der Waals surface area contributed by atoms with Crippen molar-refractivity contribution in [1.29, 1.82) is 0 Å². The minimum Gasteiger partial charge on any atom is -0.456 e. The van der Waals surface area contributed by atoms with Crippen molar-refractivity contribution in [3.05, 3.63) is 237 Å². The lowest BCUT2D eigenvalue weighted by molar-refractivity contribution is 0.457. The van der Waals surface area contributed by atoms with E-state index in [4.69, 9.17) is 9.15 Å². The summed E-state index contributed by atoms with van der Waals surface area (Å²) in [6.45, 7) is 0. The van der Waals surface area contributed by atoms with E-state index in [9.17, 15) is 0 Å². The topological polar surface area (TPSA) is 32.1 Å². The molecule has 64 heavy (non-hydrogen) atoms. The van der Waals surface area contributed by atoms with E-state index in [1.807, 2.05) is 12.1 Å². The Kier molecular flexibility index (Phi) is 9.35. The Labute approximate surface area is 375 Å². The summed E-state index contributed by atoms with van der Waals surface area (Å²) >= 11 is 1.75. The molecule has 0 aliphatic carbocycles. The molecule has 0 bridgehead atoms. The highest BCUT2D eigenvalue weighted by atomic mass is 32.2. The molecule has 11 aromatic rings. The van der Waals surface area contributed by atoms with E-state index >= 15 is 0 Å². The third-order valence-electron chi connectivity index (χ3n) is 11.8. The zero-order valence-corrected chi connectivity index (χ0v) is 35.4. The van der Waals surface area contributed by atoms with Crippen LogP contribution in [0.3, 0.4) is 0 Å². The average Bonchev–Trinajstić information content (AvgIpc) is 3.73. The number of ether oxygens (including phenoxy) is 1. The van der Waals surface area contributed by atoms with Gasteiger partial charge in [-0.2, -0.15) is 0 Å². The van der Waals surface area contributed by atoms with Crippen LogP contribution in [-0.2, 0) is 0 Å². The van der Waals surface area contributed by atoms with Gasteiger partial charge >= 0.3 is 0 Å². The minimum absolute atomic E-state index is 0.755. The van der Waals surface area contributed by atoms with Gasteiger partial charge in [0.25, 0.3) is 0 Å². The standard InChI is InChI=1S/C58H39N3O2S/c1-6-21-41(22-7-1)59(42-23-8-2-9-24-42)47-37-51(60(43-25-10-3-11-26-43)46-34-35-50-49-32-18-19-33-52(49)62-53(50)38-46)58-54(39-47)63-57-55(64-58)36-40-20-16-17-31-48(40)56(57)61(44-27-12-4-13-28-44)45-29-14-5-15-30-45/h1-39H. The van der Waals surface area contributed by atoms with E-state index in [0.717, 1.165) is 105 Å². The minimum atomic E-state index is 0.755. The van der Waals surface area contributed by atoms with Gasteiger partial charge < -0.3 is 23.9 Å². The fourth-order valence-corrected chi connectivity index (χ4v) is 10.1. The zero-order valence-electron chi connectivity index (χ0n) is 34.6. The van der Waals surface area contributed by atoms with Crippen LogP contribution in [0.1, 0.15) is 0 Å². The second-order valence-electron chi connectivity index (χ2n) is 15.7. The second-order valence-corrected chi connectivity index (χ2v) is 16.8. The van der Waals surface area contributed by atoms with Crippen molar-refractivity contribution < 1.29 is 9.15 Å². The van der Waals surface area contributed by atoms with Crippen LogP contribution >= 0.6 is 11.8 Å². The molecular formula is C58H39N3O2S. The van der Waals surface area contributed by atoms with Crippen LogP contribution in [0.25, 0.3) is 32.7 Å². The normalized spacial score (nSPS) is 11.8. The maximum Gasteiger partial charge on any atom is 0.166 e. The van der Waals surface area contributed by atoms with Crippen LogP contribution in [0.4, 0.5) is 51.2 Å². The van der Waals surface area contributed by atoms with Crippen molar-refractivity contribution in [2.24, 2.45) is 0 Å². The quantitative estimate of drug-likeness (QED) is 0.144. The van der Waals surface area contributed by atoms with Crippen molar-refractivity contribution >= 4 is 95.7 Å². The number of hydrogen-bond acceptors (Lipinski definition) is 6. The molecule has 2 heterocycles. The molecule has 0 radical (unpaired) electrons. The van der Waals surface area contributed by atoms with Gasteiger partial charge in [-0.15, -0.1) is 0 Å². The number of hydrogen-bond donors (Lipinski definition) is 0. The van der Waals surface area contributed by atoms with Gasteiger partial charge in [0.1, 0.15) is 16.9 Å². The first kappa shape index (κ1) is 37.6. The molecule has 0 saturated heterocycles. The van der Waals surface area contributed by atoms with Gasteiger partial charge in [-0.25, -0.2) is 0 Å². The van der Waals surface area contributed by atoms with Crippen molar-refractivity contribution in [2.45, 2.75) is 9.79 Å². The van der Waals surface area contributed by atoms with Crippen molar-refractivity contribution in [3.8, 4) is 11.5 Å². The molecule has 12 rings (SSSR count). The molecule has 1 aliphatic heterocycles. The molecule has 0 unspecified atom stereocenters. The van der Waals surface area contributed by atoms with Crippen LogP contribution in [0.5, 0.6) is 11.5 Å². The summed E-state index contributed by atoms with van der Waals surface area (Å²) in [6, 6.07) is 83.0. The van der Waals surface area contributed by atoms with E-state index in [-0.39, 0.29) is 0 Å². The third-order valence-corrected chi connectivity index (χ3v) is 12.9. The molecule has 0 N–H and O–H groups in total. The summed E-state index contributed by atoms with van der Waals surface area (Å²) < 4.78 is 14.1. The Morgan fingerprint density at radius 3 is 1.45 bits per heavy atom. The Bertz CT molecular complexity index is 3380. The SMILES string of the molecule is c1ccc(N(c2ccccc2)c2cc3c(c(N(c4ccccc4)c4ccc5c(c4)oc4ccccc45)c2)Sc2cc4ccccc4c(N(c4ccccc4)c4ccccc4)c2O3)cc1. The number of anilines is 9. The maximum atomic E-state index is 7.54. The second kappa shape index (κ2) is 15.9. The summed E-state index contributed by atoms with van der Waals surface area (Å²) in [6.07, 6.45) is 0. The summed E-state index contributed by atoms with van der Waals surface area (Å²) in [5, 5.41) is 4.39. The molecule has 6 heteroatoms. The fourth-order valence-electron chi connectivity index (χ4n) is 8.97. The van der Waals surface area contributed by atoms with E-state index in [1.54, 1.807) is 11.8 Å². The highest BCUT2D eigenvalue weighted by Crippen LogP contribution is 2.60. The van der Waals surface area contributed by atoms with Gasteiger partial charge in [0, 0.05) is 62.4 Å². The van der Waals surface area contributed by atoms with Crippen molar-refractivity contribution in [2.75, 3.05) is 14.7 Å². The van der Waals surface area contributed by atoms with E-state index in [0.29, 0.717) is 0 Å². The lowest BCUT2D eigenvalue weighted by Crippen LogP contribution is -2.16. The van der Waals surface area contributed by atoms with Crippen LogP contribution in [-0.4, -0.2) is 0 Å². The van der Waals surface area contributed by atoms with E-state index < -0.39 is 0 Å². The number of benzene rings is 10. The Balaban J connectivity index is 1.14. The molecule has 5 nitrogen and oxygen atoms in total. The summed E-state index contributed by atoms with van der Waals surface area (Å²) in [5.41, 5.74) is 10.7. The molecule has 1 aliphatic rings. The highest BCUT2D eigenvalue weighted by molar-refractivity contribution is 7.99. The first-order valence-electron chi connectivity index (χ1n) is 21.4. The maximum absolute atomic E-state index is 7.54. The molecule has 10 aromatic carbocycles. The van der Waals surface area contributed by atoms with Gasteiger partial charge in [0.05, 0.1) is 26.9 Å². The predicted molar refractivity (Wildman–Crippen MR) is 266 cm³/mol. The molecule has 1 aromatic heterocycles. The number of fused-ring (bicyclic) bond motifs is 6. The summed E-state index contributed by atoms with van der Waals surface area (Å²) in [5.74, 6) is 1.55. The Morgan fingerprint density at radius 1 is 0.344 bits per heavy atom. The number of rotatable bonds is 9. The third kappa shape index (κ3) is 6.60. The molecular weight excluding hydrogens is 803 g/mol. The van der Waals surface area contributed by atoms with Crippen LogP contribution < -0.4 is 19.4 Å². The summed E-state index contributed by atoms with van der Waals surface area (Å²) in [4.78, 5) is 9.00. The Hall–Kier alpha value is -8.19. The lowest BCUT2D eigenvalue weighted by atomic mass is 10.0. The smallest absolute Gasteiger partial charge is 0.166 e. The predicted octanol–water partition coefficient (Wildman–Crippen LogP) is 17.4. The van der Waals surface area contributed by atoms with Crippen LogP contribution in [0.2, 0.25) is 0 Å². The molecule has 304 valence electrons. The molecule has 0 fully saturated rings. The van der Waals surface area contributed by atoms with Gasteiger partial charge in [0.15, 0.2) is 5.75 Å². The number of nitrogens with zero attached hydrogens (tertiary/aromatic N) is 3. The van der Waals surface area contributed by atoms with Gasteiger partial charge in [-0.1, -0.05) is 145 Å². The molecule has 0 saturated carbocycles. The van der Waals surface area contributed by atoms with Gasteiger partial charge in [0.2, 0.25) is 0 Å². The van der Waals surface area contributed by atoms with Gasteiger partial charge in [-0.3, -0.25) is 0 Å². The molecule has 0 amide bonds. The highest BCUT2D eigenvalue weighted by Gasteiger charge is 2.32. The number of para-hydroxylation sites is 6. The monoisotopic (exact) mass is 841 g/mol. The van der Waals surface area contributed by atoms with Crippen molar-refractivity contribution in [1.82, 2.24) is 0 Å². The first-order chi connectivity index (χ1) is 31.7. The summed E-state index contributed by atoms with van der Waals surface area (Å²) in [7, 11) is 0. The van der Waals surface area contributed by atoms with Crippen LogP contribution in [0, 0.1) is 0 Å².